The van der Waals surface area contributed by atoms with E-state index in [9.17, 15) is 9.90 Å². The Bertz CT molecular complexity index is 961. The Morgan fingerprint density at radius 2 is 2.06 bits per heavy atom. The van der Waals surface area contributed by atoms with E-state index in [0.717, 1.165) is 41.9 Å². The summed E-state index contributed by atoms with van der Waals surface area (Å²) in [6.45, 7) is 6.04. The van der Waals surface area contributed by atoms with Gasteiger partial charge in [0.2, 0.25) is 11.9 Å². The number of hydrogen-bond donors (Lipinski definition) is 3. The van der Waals surface area contributed by atoms with Crippen LogP contribution in [0, 0.1) is 6.92 Å². The molecule has 0 aliphatic carbocycles. The summed E-state index contributed by atoms with van der Waals surface area (Å²) in [4.78, 5) is 25.2. The Kier molecular flexibility index (Phi) is 8.46. The number of aliphatic hydroxyl groups is 1. The smallest absolute Gasteiger partial charge is 0.241 e. The van der Waals surface area contributed by atoms with E-state index in [2.05, 4.69) is 22.2 Å². The second-order valence-corrected chi connectivity index (χ2v) is 8.59. The monoisotopic (exact) mass is 456 g/mol. The molecule has 2 aromatic rings. The van der Waals surface area contributed by atoms with Gasteiger partial charge in [-0.05, 0) is 38.4 Å². The predicted molar refractivity (Wildman–Crippen MR) is 131 cm³/mol. The highest BCUT2D eigenvalue weighted by Crippen LogP contribution is 2.31. The summed E-state index contributed by atoms with van der Waals surface area (Å²) >= 11 is 0. The number of nitrogen functional groups attached to an aromatic ring is 1. The Morgan fingerprint density at radius 3 is 2.73 bits per heavy atom. The molecule has 1 aromatic heterocycles. The van der Waals surface area contributed by atoms with Gasteiger partial charge in [0.15, 0.2) is 0 Å². The first-order valence-corrected chi connectivity index (χ1v) is 11.5. The molecule has 0 saturated carbocycles. The number of nitrogens with two attached hydrogens (primary N) is 1. The molecule has 0 unspecified atom stereocenters. The molecule has 1 atom stereocenters. The number of benzene rings is 1. The van der Waals surface area contributed by atoms with E-state index in [0.29, 0.717) is 37.5 Å². The highest BCUT2D eigenvalue weighted by Gasteiger charge is 2.24. The van der Waals surface area contributed by atoms with Gasteiger partial charge in [0.1, 0.15) is 11.6 Å². The van der Waals surface area contributed by atoms with E-state index < -0.39 is 0 Å². The van der Waals surface area contributed by atoms with Crippen molar-refractivity contribution in [2.24, 2.45) is 0 Å². The minimum absolute atomic E-state index is 0.0821. The lowest BCUT2D eigenvalue weighted by Crippen LogP contribution is -2.48. The molecule has 3 rings (SSSR count). The van der Waals surface area contributed by atoms with Gasteiger partial charge in [0.25, 0.3) is 0 Å². The Morgan fingerprint density at radius 1 is 1.27 bits per heavy atom. The van der Waals surface area contributed by atoms with Crippen molar-refractivity contribution in [2.75, 3.05) is 56.3 Å². The molecule has 1 saturated heterocycles. The molecule has 180 valence electrons. The average Bonchev–Trinajstić information content (AvgIpc) is 2.76. The molecule has 0 bridgehead atoms. The number of rotatable bonds is 10. The number of hydrogen-bond acceptors (Lipinski definition) is 8. The maximum atomic E-state index is 12.5. The summed E-state index contributed by atoms with van der Waals surface area (Å²) in [5.74, 6) is 1.70. The van der Waals surface area contributed by atoms with Crippen molar-refractivity contribution >= 4 is 23.4 Å². The van der Waals surface area contributed by atoms with Crippen molar-refractivity contribution in [3.05, 3.63) is 35.0 Å². The fraction of sp³-hybridized carbons (Fsp3) is 0.542. The summed E-state index contributed by atoms with van der Waals surface area (Å²) in [6, 6.07) is 5.98. The summed E-state index contributed by atoms with van der Waals surface area (Å²) in [5, 5.41) is 12.9. The number of carbonyl (C=O) groups is 1. The largest absolute Gasteiger partial charge is 0.496 e. The van der Waals surface area contributed by atoms with Crippen LogP contribution >= 0.6 is 0 Å². The van der Waals surface area contributed by atoms with E-state index in [4.69, 9.17) is 10.5 Å². The SMILES string of the molecule is CCC[C@@H](CCO)Nc1nc(N)nc(C)c1Cc1ccc(N2CCN(C)CC2=O)cc1OC. The molecule has 2 heterocycles. The number of aryl methyl sites for hydroxylation is 1. The third kappa shape index (κ3) is 6.11. The number of anilines is 3. The van der Waals surface area contributed by atoms with Crippen molar-refractivity contribution in [2.45, 2.75) is 45.6 Å². The number of nitrogens with zero attached hydrogens (tertiary/aromatic N) is 4. The van der Waals surface area contributed by atoms with E-state index in [1.54, 1.807) is 12.0 Å². The zero-order chi connectivity index (χ0) is 24.0. The summed E-state index contributed by atoms with van der Waals surface area (Å²) in [7, 11) is 3.59. The number of likely N-dealkylation sites (N-methyl/N-ethyl adjacent to an activating group) is 1. The number of nitrogens with one attached hydrogen (secondary N) is 1. The number of aliphatic hydroxyl groups excluding tert-OH is 1. The van der Waals surface area contributed by atoms with Gasteiger partial charge in [-0.25, -0.2) is 4.98 Å². The van der Waals surface area contributed by atoms with Gasteiger partial charge in [0, 0.05) is 55.2 Å². The first-order chi connectivity index (χ1) is 15.9. The van der Waals surface area contributed by atoms with Crippen LogP contribution in [-0.4, -0.2) is 72.3 Å². The van der Waals surface area contributed by atoms with E-state index in [-0.39, 0.29) is 24.5 Å². The number of ether oxygens (including phenoxy) is 1. The third-order valence-corrected chi connectivity index (χ3v) is 6.05. The molecule has 1 fully saturated rings. The van der Waals surface area contributed by atoms with Gasteiger partial charge >= 0.3 is 0 Å². The molecule has 4 N–H and O–H groups in total. The molecule has 9 nitrogen and oxygen atoms in total. The number of piperazine rings is 1. The minimum Gasteiger partial charge on any atom is -0.496 e. The second kappa shape index (κ2) is 11.3. The van der Waals surface area contributed by atoms with Crippen LogP contribution in [0.5, 0.6) is 5.75 Å². The second-order valence-electron chi connectivity index (χ2n) is 8.59. The summed E-state index contributed by atoms with van der Waals surface area (Å²) in [6.07, 6.45) is 3.09. The fourth-order valence-electron chi connectivity index (χ4n) is 4.24. The zero-order valence-electron chi connectivity index (χ0n) is 20.1. The van der Waals surface area contributed by atoms with Gasteiger partial charge in [-0.2, -0.15) is 4.98 Å². The topological polar surface area (TPSA) is 117 Å². The van der Waals surface area contributed by atoms with Crippen molar-refractivity contribution in [1.82, 2.24) is 14.9 Å². The number of carbonyl (C=O) groups excluding carboxylic acids is 1. The molecule has 0 radical (unpaired) electrons. The van der Waals surface area contributed by atoms with Crippen LogP contribution in [0.2, 0.25) is 0 Å². The van der Waals surface area contributed by atoms with E-state index >= 15 is 0 Å². The molecular formula is C24H36N6O3. The van der Waals surface area contributed by atoms with Crippen LogP contribution in [0.3, 0.4) is 0 Å². The number of aromatic nitrogens is 2. The average molecular weight is 457 g/mol. The normalized spacial score (nSPS) is 15.5. The zero-order valence-corrected chi connectivity index (χ0v) is 20.1. The molecule has 33 heavy (non-hydrogen) atoms. The van der Waals surface area contributed by atoms with E-state index in [1.807, 2.05) is 37.1 Å². The first-order valence-electron chi connectivity index (χ1n) is 11.5. The highest BCUT2D eigenvalue weighted by atomic mass is 16.5. The van der Waals surface area contributed by atoms with Crippen LogP contribution in [-0.2, 0) is 11.2 Å². The predicted octanol–water partition coefficient (Wildman–Crippen LogP) is 2.21. The first kappa shape index (κ1) is 24.7. The Labute approximate surface area is 196 Å². The lowest BCUT2D eigenvalue weighted by atomic mass is 10.0. The van der Waals surface area contributed by atoms with Crippen LogP contribution in [0.1, 0.15) is 43.0 Å². The number of methoxy groups -OCH3 is 1. The van der Waals surface area contributed by atoms with Crippen molar-refractivity contribution in [3.8, 4) is 5.75 Å². The summed E-state index contributed by atoms with van der Waals surface area (Å²) < 4.78 is 5.70. The molecule has 1 aliphatic rings. The summed E-state index contributed by atoms with van der Waals surface area (Å²) in [5.41, 5.74) is 9.49. The van der Waals surface area contributed by atoms with Gasteiger partial charge in [-0.1, -0.05) is 19.4 Å². The number of amides is 1. The standard InChI is InChI=1S/C24H36N6O3/c1-5-6-18(9-12-31)27-23-20(16(2)26-24(25)28-23)13-17-7-8-19(14-21(17)33-4)30-11-10-29(3)15-22(30)32/h7-8,14,18,31H,5-6,9-13,15H2,1-4H3,(H3,25,26,27,28)/t18-/m0/s1. The Hall–Kier alpha value is -2.91. The maximum absolute atomic E-state index is 12.5. The fourth-order valence-corrected chi connectivity index (χ4v) is 4.24. The van der Waals surface area contributed by atoms with Crippen LogP contribution in [0.4, 0.5) is 17.5 Å². The highest BCUT2D eigenvalue weighted by molar-refractivity contribution is 5.95. The van der Waals surface area contributed by atoms with Gasteiger partial charge < -0.3 is 25.8 Å². The quantitative estimate of drug-likeness (QED) is 0.498. The van der Waals surface area contributed by atoms with Gasteiger partial charge in [-0.15, -0.1) is 0 Å². The molecular weight excluding hydrogens is 420 g/mol. The molecule has 1 aromatic carbocycles. The molecule has 0 spiro atoms. The van der Waals surface area contributed by atoms with Crippen LogP contribution < -0.4 is 20.7 Å². The lowest BCUT2D eigenvalue weighted by Gasteiger charge is -2.32. The minimum atomic E-state index is 0.0821. The maximum Gasteiger partial charge on any atom is 0.241 e. The van der Waals surface area contributed by atoms with Crippen molar-refractivity contribution < 1.29 is 14.6 Å². The molecule has 1 aliphatic heterocycles. The van der Waals surface area contributed by atoms with Crippen molar-refractivity contribution in [3.63, 3.8) is 0 Å². The van der Waals surface area contributed by atoms with E-state index in [1.165, 1.54) is 0 Å². The van der Waals surface area contributed by atoms with Crippen LogP contribution in [0.15, 0.2) is 18.2 Å². The van der Waals surface area contributed by atoms with Crippen molar-refractivity contribution in [1.29, 1.82) is 0 Å². The molecule has 9 heteroatoms. The van der Waals surface area contributed by atoms with Gasteiger partial charge in [0.05, 0.1) is 13.7 Å². The van der Waals surface area contributed by atoms with Gasteiger partial charge in [-0.3, -0.25) is 9.69 Å². The third-order valence-electron chi connectivity index (χ3n) is 6.05. The Balaban J connectivity index is 1.90. The lowest BCUT2D eigenvalue weighted by molar-refractivity contribution is -0.120. The molecule has 1 amide bonds. The van der Waals surface area contributed by atoms with Crippen LogP contribution in [0.25, 0.3) is 0 Å².